The Morgan fingerprint density at radius 2 is 1.87 bits per heavy atom. The number of aromatic nitrogens is 1. The van der Waals surface area contributed by atoms with Crippen LogP contribution < -0.4 is 14.8 Å². The second-order valence-electron chi connectivity index (χ2n) is 5.87. The van der Waals surface area contributed by atoms with Crippen LogP contribution in [-0.4, -0.2) is 25.7 Å². The highest BCUT2D eigenvalue weighted by Crippen LogP contribution is 2.34. The lowest BCUT2D eigenvalue weighted by atomic mass is 9.91. The summed E-state index contributed by atoms with van der Waals surface area (Å²) in [5, 5.41) is 3.42. The molecule has 4 heteroatoms. The van der Waals surface area contributed by atoms with Crippen molar-refractivity contribution in [2.75, 3.05) is 26.1 Å². The van der Waals surface area contributed by atoms with E-state index in [9.17, 15) is 0 Å². The van der Waals surface area contributed by atoms with Gasteiger partial charge in [0, 0.05) is 24.2 Å². The molecule has 0 spiro atoms. The highest BCUT2D eigenvalue weighted by atomic mass is 16.5. The van der Waals surface area contributed by atoms with Crippen molar-refractivity contribution in [2.24, 2.45) is 0 Å². The zero-order valence-electron chi connectivity index (χ0n) is 14.1. The van der Waals surface area contributed by atoms with Crippen LogP contribution in [-0.2, 0) is 6.42 Å². The molecule has 1 aromatic carbocycles. The molecule has 1 aromatic heterocycles. The number of anilines is 1. The maximum atomic E-state index is 5.41. The Bertz CT molecular complexity index is 663. The molecule has 1 unspecified atom stereocenters. The van der Waals surface area contributed by atoms with Crippen molar-refractivity contribution in [3.63, 3.8) is 0 Å². The lowest BCUT2D eigenvalue weighted by Crippen LogP contribution is -2.15. The number of methoxy groups -OCH3 is 2. The maximum absolute atomic E-state index is 5.41. The molecule has 4 nitrogen and oxygen atoms in total. The van der Waals surface area contributed by atoms with Crippen LogP contribution in [0.5, 0.6) is 11.5 Å². The molecular formula is C19H24N2O2. The van der Waals surface area contributed by atoms with E-state index in [4.69, 9.17) is 14.5 Å². The Kier molecular flexibility index (Phi) is 4.70. The number of rotatable bonds is 5. The monoisotopic (exact) mass is 312 g/mol. The van der Waals surface area contributed by atoms with Gasteiger partial charge in [-0.2, -0.15) is 0 Å². The van der Waals surface area contributed by atoms with E-state index < -0.39 is 0 Å². The minimum absolute atomic E-state index is 0.242. The highest BCUT2D eigenvalue weighted by Gasteiger charge is 2.18. The number of ether oxygens (including phenoxy) is 2. The van der Waals surface area contributed by atoms with Crippen molar-refractivity contribution in [1.82, 2.24) is 4.98 Å². The fraction of sp³-hybridized carbons (Fsp3) is 0.421. The Balaban J connectivity index is 1.99. The van der Waals surface area contributed by atoms with Crippen LogP contribution in [0.4, 0.5) is 5.69 Å². The van der Waals surface area contributed by atoms with Gasteiger partial charge in [-0.3, -0.25) is 4.98 Å². The quantitative estimate of drug-likeness (QED) is 0.906. The van der Waals surface area contributed by atoms with Crippen molar-refractivity contribution < 1.29 is 9.47 Å². The number of aryl methyl sites for hydroxylation is 1. The summed E-state index contributed by atoms with van der Waals surface area (Å²) in [7, 11) is 3.37. The van der Waals surface area contributed by atoms with Gasteiger partial charge in [-0.05, 0) is 49.1 Å². The van der Waals surface area contributed by atoms with Crippen molar-refractivity contribution >= 4 is 5.69 Å². The molecule has 0 amide bonds. The van der Waals surface area contributed by atoms with Crippen molar-refractivity contribution in [2.45, 2.75) is 32.1 Å². The minimum Gasteiger partial charge on any atom is -0.497 e. The first-order chi connectivity index (χ1) is 11.2. The van der Waals surface area contributed by atoms with Crippen LogP contribution in [0.2, 0.25) is 0 Å². The van der Waals surface area contributed by atoms with Gasteiger partial charge < -0.3 is 14.8 Å². The summed E-state index contributed by atoms with van der Waals surface area (Å²) in [6.45, 7) is 3.23. The van der Waals surface area contributed by atoms with Crippen LogP contribution in [0, 0.1) is 0 Å². The zero-order chi connectivity index (χ0) is 16.2. The van der Waals surface area contributed by atoms with Crippen LogP contribution in [0.3, 0.4) is 0 Å². The fourth-order valence-electron chi connectivity index (χ4n) is 3.19. The summed E-state index contributed by atoms with van der Waals surface area (Å²) in [6, 6.07) is 10.4. The van der Waals surface area contributed by atoms with Gasteiger partial charge >= 0.3 is 0 Å². The summed E-state index contributed by atoms with van der Waals surface area (Å²) in [5.41, 5.74) is 4.66. The molecule has 2 heterocycles. The molecule has 1 aliphatic heterocycles. The van der Waals surface area contributed by atoms with E-state index in [1.54, 1.807) is 14.2 Å². The number of pyridine rings is 1. The molecule has 1 atom stereocenters. The molecule has 0 saturated heterocycles. The first-order valence-corrected chi connectivity index (χ1v) is 8.21. The van der Waals surface area contributed by atoms with E-state index in [1.165, 1.54) is 16.9 Å². The van der Waals surface area contributed by atoms with Gasteiger partial charge in [0.25, 0.3) is 0 Å². The second-order valence-corrected chi connectivity index (χ2v) is 5.87. The van der Waals surface area contributed by atoms with Gasteiger partial charge in [0.05, 0.1) is 25.6 Å². The Labute approximate surface area is 137 Å². The summed E-state index contributed by atoms with van der Waals surface area (Å²) in [5.74, 6) is 1.88. The standard InChI is InChI=1S/C19H24N2O2/c1-4-16(13-10-14(22-2)12-15(11-13)23-3)17-7-8-18-19(21-17)6-5-9-20-18/h7-8,10-12,16,20H,4-6,9H2,1-3H3. The predicted octanol–water partition coefficient (Wildman–Crippen LogP) is 4.00. The van der Waals surface area contributed by atoms with Crippen molar-refractivity contribution in [3.8, 4) is 11.5 Å². The van der Waals surface area contributed by atoms with Gasteiger partial charge in [-0.15, -0.1) is 0 Å². The molecule has 1 N–H and O–H groups in total. The summed E-state index contributed by atoms with van der Waals surface area (Å²) in [4.78, 5) is 4.93. The molecule has 122 valence electrons. The SMILES string of the molecule is CCC(c1cc(OC)cc(OC)c1)c1ccc2c(n1)CCCN2. The minimum atomic E-state index is 0.242. The first kappa shape index (κ1) is 15.7. The molecule has 0 aliphatic carbocycles. The Hall–Kier alpha value is -2.23. The smallest absolute Gasteiger partial charge is 0.122 e. The number of fused-ring (bicyclic) bond motifs is 1. The molecule has 1 aliphatic rings. The topological polar surface area (TPSA) is 43.4 Å². The average Bonchev–Trinajstić information content (AvgIpc) is 2.62. The maximum Gasteiger partial charge on any atom is 0.122 e. The number of benzene rings is 1. The molecular weight excluding hydrogens is 288 g/mol. The summed E-state index contributed by atoms with van der Waals surface area (Å²) >= 11 is 0. The molecule has 2 aromatic rings. The third-order valence-electron chi connectivity index (χ3n) is 4.44. The van der Waals surface area contributed by atoms with E-state index in [0.29, 0.717) is 0 Å². The van der Waals surface area contributed by atoms with E-state index in [-0.39, 0.29) is 5.92 Å². The number of hydrogen-bond acceptors (Lipinski definition) is 4. The van der Waals surface area contributed by atoms with Crippen molar-refractivity contribution in [1.29, 1.82) is 0 Å². The summed E-state index contributed by atoms with van der Waals surface area (Å²) in [6.07, 6.45) is 3.18. The van der Waals surface area contributed by atoms with E-state index in [1.807, 2.05) is 6.07 Å². The van der Waals surface area contributed by atoms with Gasteiger partial charge in [0.15, 0.2) is 0 Å². The van der Waals surface area contributed by atoms with E-state index in [2.05, 4.69) is 36.5 Å². The number of nitrogens with one attached hydrogen (secondary N) is 1. The van der Waals surface area contributed by atoms with Gasteiger partial charge in [-0.1, -0.05) is 6.92 Å². The van der Waals surface area contributed by atoms with Crippen LogP contribution in [0.15, 0.2) is 30.3 Å². The Morgan fingerprint density at radius 3 is 2.52 bits per heavy atom. The van der Waals surface area contributed by atoms with E-state index in [0.717, 1.165) is 43.0 Å². The highest BCUT2D eigenvalue weighted by molar-refractivity contribution is 5.51. The van der Waals surface area contributed by atoms with Crippen LogP contribution in [0.25, 0.3) is 0 Å². The zero-order valence-corrected chi connectivity index (χ0v) is 14.1. The third kappa shape index (κ3) is 3.26. The molecule has 0 radical (unpaired) electrons. The van der Waals surface area contributed by atoms with Gasteiger partial charge in [0.1, 0.15) is 11.5 Å². The lowest BCUT2D eigenvalue weighted by molar-refractivity contribution is 0.393. The normalized spacial score (nSPS) is 14.6. The van der Waals surface area contributed by atoms with Gasteiger partial charge in [0.2, 0.25) is 0 Å². The molecule has 23 heavy (non-hydrogen) atoms. The number of hydrogen-bond donors (Lipinski definition) is 1. The average molecular weight is 312 g/mol. The third-order valence-corrected chi connectivity index (χ3v) is 4.44. The van der Waals surface area contributed by atoms with Crippen molar-refractivity contribution in [3.05, 3.63) is 47.3 Å². The summed E-state index contributed by atoms with van der Waals surface area (Å²) < 4.78 is 10.8. The number of nitrogens with zero attached hydrogens (tertiary/aromatic N) is 1. The predicted molar refractivity (Wildman–Crippen MR) is 92.7 cm³/mol. The molecule has 0 saturated carbocycles. The fourth-order valence-corrected chi connectivity index (χ4v) is 3.19. The lowest BCUT2D eigenvalue weighted by Gasteiger charge is -2.21. The largest absolute Gasteiger partial charge is 0.497 e. The first-order valence-electron chi connectivity index (χ1n) is 8.21. The van der Waals surface area contributed by atoms with Gasteiger partial charge in [-0.25, -0.2) is 0 Å². The second kappa shape index (κ2) is 6.90. The van der Waals surface area contributed by atoms with E-state index >= 15 is 0 Å². The molecule has 0 fully saturated rings. The molecule has 0 bridgehead atoms. The van der Waals surface area contributed by atoms with Crippen LogP contribution in [0.1, 0.15) is 42.6 Å². The Morgan fingerprint density at radius 1 is 1.13 bits per heavy atom. The molecule has 3 rings (SSSR count). The van der Waals surface area contributed by atoms with Crippen LogP contribution >= 0.6 is 0 Å².